The summed E-state index contributed by atoms with van der Waals surface area (Å²) in [5, 5.41) is 3.40. The third-order valence-electron chi connectivity index (χ3n) is 3.84. The van der Waals surface area contributed by atoms with Gasteiger partial charge in [-0.05, 0) is 25.1 Å². The molecule has 2 aliphatic rings. The smallest absolute Gasteiger partial charge is 0.126 e. The predicted octanol–water partition coefficient (Wildman–Crippen LogP) is 1.55. The molecule has 0 radical (unpaired) electrons. The second-order valence-electron chi connectivity index (χ2n) is 5.16. The van der Waals surface area contributed by atoms with Crippen LogP contribution in [-0.2, 0) is 11.3 Å². The first-order valence-electron chi connectivity index (χ1n) is 7.13. The summed E-state index contributed by atoms with van der Waals surface area (Å²) in [4.78, 5) is 6.88. The third kappa shape index (κ3) is 2.78. The zero-order chi connectivity index (χ0) is 13.8. The number of hydrogen-bond acceptors (Lipinski definition) is 5. The van der Waals surface area contributed by atoms with Crippen LogP contribution in [0.15, 0.2) is 23.2 Å². The van der Waals surface area contributed by atoms with Gasteiger partial charge in [0.2, 0.25) is 0 Å². The standard InChI is InChI=1S/C15H21N3O2/c1-19-7-8-20-15-4-2-3-14-13(15)10-18(11-17-14)12-5-6-16-9-12/h2-4,11-12,16H,5-10H2,1H3. The molecule has 5 nitrogen and oxygen atoms in total. The van der Waals surface area contributed by atoms with Gasteiger partial charge in [0.25, 0.3) is 0 Å². The molecule has 5 heteroatoms. The van der Waals surface area contributed by atoms with E-state index in [0.717, 1.165) is 31.1 Å². The maximum absolute atomic E-state index is 5.81. The Labute approximate surface area is 119 Å². The fraction of sp³-hybridized carbons (Fsp3) is 0.533. The van der Waals surface area contributed by atoms with Crippen molar-refractivity contribution in [1.29, 1.82) is 0 Å². The second-order valence-corrected chi connectivity index (χ2v) is 5.16. The van der Waals surface area contributed by atoms with Crippen molar-refractivity contribution in [3.8, 4) is 5.75 Å². The first-order valence-corrected chi connectivity index (χ1v) is 7.13. The van der Waals surface area contributed by atoms with E-state index in [1.165, 1.54) is 12.0 Å². The molecule has 0 spiro atoms. The van der Waals surface area contributed by atoms with Gasteiger partial charge in [-0.1, -0.05) is 6.07 Å². The summed E-state index contributed by atoms with van der Waals surface area (Å²) in [6, 6.07) is 6.59. The first-order chi connectivity index (χ1) is 9.88. The summed E-state index contributed by atoms with van der Waals surface area (Å²) in [6.45, 7) is 4.17. The average Bonchev–Trinajstić information content (AvgIpc) is 3.01. The van der Waals surface area contributed by atoms with Crippen LogP contribution in [0.1, 0.15) is 12.0 Å². The van der Waals surface area contributed by atoms with Crippen LogP contribution in [0.4, 0.5) is 5.69 Å². The number of hydrogen-bond donors (Lipinski definition) is 1. The Morgan fingerprint density at radius 2 is 2.35 bits per heavy atom. The Morgan fingerprint density at radius 3 is 3.15 bits per heavy atom. The van der Waals surface area contributed by atoms with Crippen LogP contribution in [0.3, 0.4) is 0 Å². The molecule has 0 saturated carbocycles. The van der Waals surface area contributed by atoms with Crippen molar-refractivity contribution < 1.29 is 9.47 Å². The normalized spacial score (nSPS) is 21.1. The Hall–Kier alpha value is -1.59. The monoisotopic (exact) mass is 275 g/mol. The van der Waals surface area contributed by atoms with Gasteiger partial charge < -0.3 is 19.7 Å². The predicted molar refractivity (Wildman–Crippen MR) is 78.8 cm³/mol. The molecule has 1 N–H and O–H groups in total. The number of benzene rings is 1. The molecular formula is C15H21N3O2. The number of rotatable bonds is 5. The number of fused-ring (bicyclic) bond motifs is 1. The molecule has 1 atom stereocenters. The molecule has 0 amide bonds. The lowest BCUT2D eigenvalue weighted by Gasteiger charge is -2.30. The van der Waals surface area contributed by atoms with Crippen molar-refractivity contribution in [1.82, 2.24) is 10.2 Å². The van der Waals surface area contributed by atoms with Gasteiger partial charge in [-0.2, -0.15) is 0 Å². The van der Waals surface area contributed by atoms with Gasteiger partial charge in [-0.15, -0.1) is 0 Å². The van der Waals surface area contributed by atoms with E-state index in [0.29, 0.717) is 19.3 Å². The van der Waals surface area contributed by atoms with E-state index in [4.69, 9.17) is 9.47 Å². The van der Waals surface area contributed by atoms with Crippen LogP contribution in [0, 0.1) is 0 Å². The minimum absolute atomic E-state index is 0.541. The molecule has 1 fully saturated rings. The van der Waals surface area contributed by atoms with E-state index < -0.39 is 0 Å². The Balaban J connectivity index is 1.75. The minimum atomic E-state index is 0.541. The lowest BCUT2D eigenvalue weighted by Crippen LogP contribution is -2.36. The molecule has 1 unspecified atom stereocenters. The molecule has 1 saturated heterocycles. The molecule has 1 aromatic carbocycles. The second kappa shape index (κ2) is 6.24. The highest BCUT2D eigenvalue weighted by atomic mass is 16.5. The van der Waals surface area contributed by atoms with E-state index in [1.54, 1.807) is 7.11 Å². The quantitative estimate of drug-likeness (QED) is 0.828. The van der Waals surface area contributed by atoms with E-state index in [1.807, 2.05) is 24.5 Å². The van der Waals surface area contributed by atoms with Crippen LogP contribution in [0.5, 0.6) is 5.75 Å². The molecule has 0 bridgehead atoms. The Bertz CT molecular complexity index is 484. The number of nitrogens with zero attached hydrogens (tertiary/aromatic N) is 2. The van der Waals surface area contributed by atoms with Gasteiger partial charge >= 0.3 is 0 Å². The van der Waals surface area contributed by atoms with Crippen molar-refractivity contribution in [2.45, 2.75) is 19.0 Å². The van der Waals surface area contributed by atoms with Gasteiger partial charge in [0.15, 0.2) is 0 Å². The Kier molecular flexibility index (Phi) is 4.18. The van der Waals surface area contributed by atoms with E-state index in [9.17, 15) is 0 Å². The lowest BCUT2D eigenvalue weighted by molar-refractivity contribution is 0.145. The SMILES string of the molecule is COCCOc1cccc2c1CN(C1CCNC1)C=N2. The topological polar surface area (TPSA) is 46.1 Å². The summed E-state index contributed by atoms with van der Waals surface area (Å²) in [6.07, 6.45) is 3.15. The van der Waals surface area contributed by atoms with Crippen LogP contribution >= 0.6 is 0 Å². The maximum atomic E-state index is 5.81. The van der Waals surface area contributed by atoms with Crippen LogP contribution in [-0.4, -0.2) is 50.7 Å². The highest BCUT2D eigenvalue weighted by Crippen LogP contribution is 2.33. The maximum Gasteiger partial charge on any atom is 0.126 e. The highest BCUT2D eigenvalue weighted by molar-refractivity contribution is 5.69. The van der Waals surface area contributed by atoms with E-state index in [-0.39, 0.29) is 0 Å². The van der Waals surface area contributed by atoms with Gasteiger partial charge in [-0.3, -0.25) is 0 Å². The average molecular weight is 275 g/mol. The number of methoxy groups -OCH3 is 1. The molecule has 2 aliphatic heterocycles. The van der Waals surface area contributed by atoms with Crippen molar-refractivity contribution in [2.75, 3.05) is 33.4 Å². The van der Waals surface area contributed by atoms with Crippen LogP contribution in [0.2, 0.25) is 0 Å². The van der Waals surface area contributed by atoms with E-state index in [2.05, 4.69) is 15.2 Å². The van der Waals surface area contributed by atoms with Crippen molar-refractivity contribution in [2.24, 2.45) is 4.99 Å². The highest BCUT2D eigenvalue weighted by Gasteiger charge is 2.24. The first kappa shape index (κ1) is 13.4. The summed E-state index contributed by atoms with van der Waals surface area (Å²) in [7, 11) is 1.68. The fourth-order valence-corrected chi connectivity index (χ4v) is 2.71. The summed E-state index contributed by atoms with van der Waals surface area (Å²) in [5.74, 6) is 0.923. The van der Waals surface area contributed by atoms with E-state index >= 15 is 0 Å². The zero-order valence-corrected chi connectivity index (χ0v) is 11.8. The molecule has 1 aromatic rings. The summed E-state index contributed by atoms with van der Waals surface area (Å²) < 4.78 is 10.9. The molecule has 108 valence electrons. The van der Waals surface area contributed by atoms with Gasteiger partial charge in [0, 0.05) is 31.8 Å². The zero-order valence-electron chi connectivity index (χ0n) is 11.8. The van der Waals surface area contributed by atoms with Crippen molar-refractivity contribution in [3.05, 3.63) is 23.8 Å². The number of nitrogens with one attached hydrogen (secondary N) is 1. The van der Waals surface area contributed by atoms with Crippen molar-refractivity contribution in [3.63, 3.8) is 0 Å². The fourth-order valence-electron chi connectivity index (χ4n) is 2.71. The molecule has 0 aliphatic carbocycles. The van der Waals surface area contributed by atoms with Gasteiger partial charge in [0.1, 0.15) is 12.4 Å². The summed E-state index contributed by atoms with van der Waals surface area (Å²) >= 11 is 0. The van der Waals surface area contributed by atoms with Gasteiger partial charge in [-0.25, -0.2) is 4.99 Å². The third-order valence-corrected chi connectivity index (χ3v) is 3.84. The molecular weight excluding hydrogens is 254 g/mol. The van der Waals surface area contributed by atoms with Crippen LogP contribution in [0.25, 0.3) is 0 Å². The Morgan fingerprint density at radius 1 is 1.40 bits per heavy atom. The minimum Gasteiger partial charge on any atom is -0.491 e. The van der Waals surface area contributed by atoms with Crippen LogP contribution < -0.4 is 10.1 Å². The largest absolute Gasteiger partial charge is 0.491 e. The summed E-state index contributed by atoms with van der Waals surface area (Å²) in [5.41, 5.74) is 2.19. The molecule has 3 rings (SSSR count). The van der Waals surface area contributed by atoms with Crippen molar-refractivity contribution >= 4 is 12.0 Å². The lowest BCUT2D eigenvalue weighted by atomic mass is 10.1. The molecule has 0 aromatic heterocycles. The molecule has 2 heterocycles. The number of aliphatic imine (C=N–C) groups is 1. The molecule has 20 heavy (non-hydrogen) atoms. The number of ether oxygens (including phenoxy) is 2. The van der Waals surface area contributed by atoms with Gasteiger partial charge in [0.05, 0.1) is 18.6 Å².